The van der Waals surface area contributed by atoms with Gasteiger partial charge in [-0.15, -0.1) is 0 Å². The van der Waals surface area contributed by atoms with Crippen LogP contribution in [0.5, 0.6) is 0 Å². The number of aryl methyl sites for hydroxylation is 1. The Labute approximate surface area is 124 Å². The molecular formula is C16H21N3O2. The van der Waals surface area contributed by atoms with Crippen LogP contribution >= 0.6 is 0 Å². The molecule has 0 spiro atoms. The number of hydrogen-bond acceptors (Lipinski definition) is 4. The minimum atomic E-state index is -0.0921. The molecule has 0 N–H and O–H groups in total. The Kier molecular flexibility index (Phi) is 3.92. The second-order valence-corrected chi connectivity index (χ2v) is 5.68. The highest BCUT2D eigenvalue weighted by atomic mass is 16.5. The van der Waals surface area contributed by atoms with E-state index in [1.54, 1.807) is 0 Å². The zero-order chi connectivity index (χ0) is 14.8. The highest BCUT2D eigenvalue weighted by Gasteiger charge is 2.27. The third kappa shape index (κ3) is 2.78. The van der Waals surface area contributed by atoms with Crippen molar-refractivity contribution in [2.24, 2.45) is 13.0 Å². The van der Waals surface area contributed by atoms with Gasteiger partial charge in [0.1, 0.15) is 0 Å². The molecule has 0 amide bonds. The number of likely N-dealkylation sites (tertiary alicyclic amines) is 1. The topological polar surface area (TPSA) is 47.4 Å². The van der Waals surface area contributed by atoms with Crippen molar-refractivity contribution in [2.75, 3.05) is 20.2 Å². The van der Waals surface area contributed by atoms with Gasteiger partial charge in [0.05, 0.1) is 24.2 Å². The van der Waals surface area contributed by atoms with Crippen molar-refractivity contribution in [1.29, 1.82) is 0 Å². The zero-order valence-corrected chi connectivity index (χ0v) is 12.6. The summed E-state index contributed by atoms with van der Waals surface area (Å²) >= 11 is 0. The Balaban J connectivity index is 1.77. The van der Waals surface area contributed by atoms with Gasteiger partial charge in [0, 0.05) is 25.5 Å². The summed E-state index contributed by atoms with van der Waals surface area (Å²) < 4.78 is 6.80. The standard InChI is InChI=1S/C16H21N3O2/c1-18-15-8-4-3-7-13(15)14(17-18)11-19-9-5-6-12(10-19)16(20)21-2/h3-4,7-8,12H,5-6,9-11H2,1-2H3/t12-/m0/s1. The fourth-order valence-corrected chi connectivity index (χ4v) is 3.18. The number of para-hydroxylation sites is 1. The lowest BCUT2D eigenvalue weighted by molar-refractivity contribution is -0.147. The van der Waals surface area contributed by atoms with E-state index in [-0.39, 0.29) is 11.9 Å². The van der Waals surface area contributed by atoms with Gasteiger partial charge in [-0.3, -0.25) is 14.4 Å². The van der Waals surface area contributed by atoms with Crippen LogP contribution in [0.25, 0.3) is 10.9 Å². The van der Waals surface area contributed by atoms with E-state index in [4.69, 9.17) is 4.74 Å². The molecule has 21 heavy (non-hydrogen) atoms. The summed E-state index contributed by atoms with van der Waals surface area (Å²) in [6.07, 6.45) is 1.96. The molecule has 0 aliphatic carbocycles. The van der Waals surface area contributed by atoms with E-state index < -0.39 is 0 Å². The van der Waals surface area contributed by atoms with Gasteiger partial charge in [-0.25, -0.2) is 0 Å². The van der Waals surface area contributed by atoms with Gasteiger partial charge in [0.15, 0.2) is 0 Å². The lowest BCUT2D eigenvalue weighted by Gasteiger charge is -2.30. The van der Waals surface area contributed by atoms with E-state index >= 15 is 0 Å². The quantitative estimate of drug-likeness (QED) is 0.810. The van der Waals surface area contributed by atoms with Gasteiger partial charge in [-0.1, -0.05) is 18.2 Å². The molecule has 1 aliphatic heterocycles. The Hall–Kier alpha value is -1.88. The molecule has 0 unspecified atom stereocenters. The van der Waals surface area contributed by atoms with Gasteiger partial charge in [-0.05, 0) is 25.5 Å². The van der Waals surface area contributed by atoms with Gasteiger partial charge >= 0.3 is 5.97 Å². The molecule has 3 rings (SSSR count). The molecule has 1 saturated heterocycles. The van der Waals surface area contributed by atoms with Crippen LogP contribution in [-0.2, 0) is 23.1 Å². The first-order valence-corrected chi connectivity index (χ1v) is 7.40. The molecular weight excluding hydrogens is 266 g/mol. The third-order valence-corrected chi connectivity index (χ3v) is 4.25. The van der Waals surface area contributed by atoms with Crippen molar-refractivity contribution in [1.82, 2.24) is 14.7 Å². The number of esters is 1. The number of aromatic nitrogens is 2. The maximum absolute atomic E-state index is 11.7. The first-order valence-electron chi connectivity index (χ1n) is 7.40. The molecule has 2 heterocycles. The predicted molar refractivity (Wildman–Crippen MR) is 80.7 cm³/mol. The number of fused-ring (bicyclic) bond motifs is 1. The number of rotatable bonds is 3. The van der Waals surface area contributed by atoms with Crippen LogP contribution in [0.2, 0.25) is 0 Å². The number of hydrogen-bond donors (Lipinski definition) is 0. The summed E-state index contributed by atoms with van der Waals surface area (Å²) in [5.74, 6) is -0.0932. The van der Waals surface area contributed by atoms with Gasteiger partial charge in [-0.2, -0.15) is 5.10 Å². The lowest BCUT2D eigenvalue weighted by atomic mass is 9.98. The molecule has 1 aromatic carbocycles. The van der Waals surface area contributed by atoms with E-state index in [9.17, 15) is 4.79 Å². The minimum Gasteiger partial charge on any atom is -0.469 e. The van der Waals surface area contributed by atoms with E-state index in [1.807, 2.05) is 23.9 Å². The van der Waals surface area contributed by atoms with E-state index in [0.29, 0.717) is 0 Å². The van der Waals surface area contributed by atoms with Crippen molar-refractivity contribution >= 4 is 16.9 Å². The fourth-order valence-electron chi connectivity index (χ4n) is 3.18. The third-order valence-electron chi connectivity index (χ3n) is 4.25. The summed E-state index contributed by atoms with van der Waals surface area (Å²) in [7, 11) is 3.44. The minimum absolute atomic E-state index is 0.00118. The van der Waals surface area contributed by atoms with E-state index in [1.165, 1.54) is 12.5 Å². The van der Waals surface area contributed by atoms with Crippen LogP contribution in [0.4, 0.5) is 0 Å². The summed E-state index contributed by atoms with van der Waals surface area (Å²) in [6, 6.07) is 8.27. The van der Waals surface area contributed by atoms with Crippen LogP contribution in [0.15, 0.2) is 24.3 Å². The Morgan fingerprint density at radius 1 is 1.43 bits per heavy atom. The number of carbonyl (C=O) groups excluding carboxylic acids is 1. The number of methoxy groups -OCH3 is 1. The highest BCUT2D eigenvalue weighted by Crippen LogP contribution is 2.23. The molecule has 2 aromatic rings. The Bertz CT molecular complexity index is 650. The van der Waals surface area contributed by atoms with Crippen molar-refractivity contribution in [2.45, 2.75) is 19.4 Å². The smallest absolute Gasteiger partial charge is 0.309 e. The molecule has 0 bridgehead atoms. The number of carbonyl (C=O) groups is 1. The normalized spacial score (nSPS) is 19.8. The van der Waals surface area contributed by atoms with Crippen LogP contribution in [0.1, 0.15) is 18.5 Å². The summed E-state index contributed by atoms with van der Waals surface area (Å²) in [4.78, 5) is 14.0. The van der Waals surface area contributed by atoms with E-state index in [2.05, 4.69) is 22.1 Å². The van der Waals surface area contributed by atoms with Crippen LogP contribution in [0, 0.1) is 5.92 Å². The van der Waals surface area contributed by atoms with Crippen LogP contribution < -0.4 is 0 Å². The second-order valence-electron chi connectivity index (χ2n) is 5.68. The largest absolute Gasteiger partial charge is 0.469 e. The van der Waals surface area contributed by atoms with Crippen molar-refractivity contribution in [3.8, 4) is 0 Å². The number of piperidine rings is 1. The highest BCUT2D eigenvalue weighted by molar-refractivity contribution is 5.81. The second kappa shape index (κ2) is 5.85. The molecule has 0 radical (unpaired) electrons. The van der Waals surface area contributed by atoms with Crippen molar-refractivity contribution < 1.29 is 9.53 Å². The zero-order valence-electron chi connectivity index (χ0n) is 12.6. The molecule has 1 aliphatic rings. The molecule has 1 fully saturated rings. The average molecular weight is 287 g/mol. The molecule has 5 nitrogen and oxygen atoms in total. The Morgan fingerprint density at radius 3 is 3.05 bits per heavy atom. The van der Waals surface area contributed by atoms with Crippen LogP contribution in [-0.4, -0.2) is 40.8 Å². The summed E-state index contributed by atoms with van der Waals surface area (Å²) in [6.45, 7) is 2.56. The van der Waals surface area contributed by atoms with Crippen molar-refractivity contribution in [3.05, 3.63) is 30.0 Å². The summed E-state index contributed by atoms with van der Waals surface area (Å²) in [5, 5.41) is 5.83. The van der Waals surface area contributed by atoms with Gasteiger partial charge in [0.2, 0.25) is 0 Å². The number of ether oxygens (including phenoxy) is 1. The first kappa shape index (κ1) is 14.1. The van der Waals surface area contributed by atoms with Gasteiger partial charge < -0.3 is 4.74 Å². The van der Waals surface area contributed by atoms with Crippen molar-refractivity contribution in [3.63, 3.8) is 0 Å². The molecule has 1 aromatic heterocycles. The monoisotopic (exact) mass is 287 g/mol. The first-order chi connectivity index (χ1) is 10.2. The van der Waals surface area contributed by atoms with Gasteiger partial charge in [0.25, 0.3) is 0 Å². The molecule has 0 saturated carbocycles. The number of benzene rings is 1. The molecule has 112 valence electrons. The maximum atomic E-state index is 11.7. The molecule has 1 atom stereocenters. The Morgan fingerprint density at radius 2 is 2.24 bits per heavy atom. The maximum Gasteiger partial charge on any atom is 0.309 e. The summed E-state index contributed by atoms with van der Waals surface area (Å²) in [5.41, 5.74) is 2.23. The van der Waals surface area contributed by atoms with E-state index in [0.717, 1.165) is 43.7 Å². The molecule has 5 heteroatoms. The average Bonchev–Trinajstić information content (AvgIpc) is 2.83. The number of nitrogens with zero attached hydrogens (tertiary/aromatic N) is 3. The SMILES string of the molecule is COC(=O)[C@H]1CCCN(Cc2nn(C)c3ccccc23)C1. The predicted octanol–water partition coefficient (Wildman–Crippen LogP) is 1.96. The lowest BCUT2D eigenvalue weighted by Crippen LogP contribution is -2.38. The van der Waals surface area contributed by atoms with Crippen LogP contribution in [0.3, 0.4) is 0 Å². The fraction of sp³-hybridized carbons (Fsp3) is 0.500.